The van der Waals surface area contributed by atoms with Crippen LogP contribution in [0.1, 0.15) is 0 Å². The smallest absolute Gasteiger partial charge is 0.187 e. The highest BCUT2D eigenvalue weighted by atomic mass is 16.8. The van der Waals surface area contributed by atoms with Gasteiger partial charge in [-0.3, -0.25) is 0 Å². The minimum absolute atomic E-state index is 0.000681. The van der Waals surface area contributed by atoms with E-state index in [9.17, 15) is 10.2 Å². The highest BCUT2D eigenvalue weighted by molar-refractivity contribution is 5.02. The first-order valence-electron chi connectivity index (χ1n) is 28.1. The molecule has 31 nitrogen and oxygen atoms in total. The molecule has 31 heteroatoms. The van der Waals surface area contributed by atoms with E-state index in [-0.39, 0.29) is 39.6 Å². The SMILES string of the molecule is COC[C@H]1O[C@H](O[C@H]2[C@H](OC)[C@@H](OC)[C@@H](O[C@H]3[C@H](OC)[C@@H](OC)[C@@H](O[C@H]4[C@H](OC)[C@@H](OC)[C@@H](O[C@H]5[C@H](OC)[C@@H](OC)[C@@H](O[C@H]6[C@H](OC)[C@@H](OC)[C@@H](O)O[C@@H]6COC)O[C@@H]5COC)O[C@@H]4COC)O[C@@H]3COC)O[C@@H]2COC)[C@H](OC)[C@@H](OC)[C@@H]1O. The molecule has 0 bridgehead atoms. The normalized spacial score (nSPS) is 44.6. The largest absolute Gasteiger partial charge is 0.387 e. The van der Waals surface area contributed by atoms with Crippen molar-refractivity contribution < 1.29 is 148 Å². The maximum atomic E-state index is 11.1. The van der Waals surface area contributed by atoms with Crippen LogP contribution in [0.15, 0.2) is 0 Å². The van der Waals surface area contributed by atoms with E-state index in [0.717, 1.165) is 0 Å². The van der Waals surface area contributed by atoms with E-state index in [1.165, 1.54) is 128 Å². The summed E-state index contributed by atoms with van der Waals surface area (Å²) in [5.74, 6) is 0. The Balaban J connectivity index is 1.24. The van der Waals surface area contributed by atoms with Crippen LogP contribution >= 0.6 is 0 Å². The van der Waals surface area contributed by atoms with Gasteiger partial charge in [0.05, 0.1) is 39.6 Å². The molecular weight excluding hydrogens is 1140 g/mol. The summed E-state index contributed by atoms with van der Waals surface area (Å²) in [7, 11) is 26.8. The second kappa shape index (κ2) is 36.1. The fourth-order valence-corrected chi connectivity index (χ4v) is 12.3. The Kier molecular flexibility index (Phi) is 30.9. The lowest BCUT2D eigenvalue weighted by Gasteiger charge is -2.52. The summed E-state index contributed by atoms with van der Waals surface area (Å²) in [6.45, 7) is 0.00654. The Bertz CT molecular complexity index is 1820. The molecular formula is C54H98O31. The molecule has 0 spiro atoms. The summed E-state index contributed by atoms with van der Waals surface area (Å²) in [5, 5.41) is 21.9. The predicted molar refractivity (Wildman–Crippen MR) is 285 cm³/mol. The van der Waals surface area contributed by atoms with E-state index in [4.69, 9.17) is 137 Å². The number of rotatable bonds is 34. The van der Waals surface area contributed by atoms with E-state index < -0.39 is 184 Å². The summed E-state index contributed by atoms with van der Waals surface area (Å²) in [6.07, 6.45) is -29.3. The van der Waals surface area contributed by atoms with Crippen LogP contribution in [0.4, 0.5) is 0 Å². The monoisotopic (exact) mass is 1240 g/mol. The van der Waals surface area contributed by atoms with Crippen LogP contribution in [-0.2, 0) is 137 Å². The zero-order valence-corrected chi connectivity index (χ0v) is 52.3. The van der Waals surface area contributed by atoms with Crippen LogP contribution < -0.4 is 0 Å². The summed E-state index contributed by atoms with van der Waals surface area (Å²) < 4.78 is 179. The molecule has 0 saturated carbocycles. The molecule has 6 saturated heterocycles. The van der Waals surface area contributed by atoms with Gasteiger partial charge in [-0.2, -0.15) is 0 Å². The molecule has 0 unspecified atom stereocenters. The van der Waals surface area contributed by atoms with Gasteiger partial charge in [-0.15, -0.1) is 0 Å². The average Bonchev–Trinajstić information content (AvgIpc) is 3.07. The first-order valence-corrected chi connectivity index (χ1v) is 28.1. The van der Waals surface area contributed by atoms with E-state index in [2.05, 4.69) is 0 Å². The zero-order chi connectivity index (χ0) is 62.1. The molecule has 6 aliphatic heterocycles. The van der Waals surface area contributed by atoms with Gasteiger partial charge in [0.15, 0.2) is 37.7 Å². The molecule has 2 N–H and O–H groups in total. The summed E-state index contributed by atoms with van der Waals surface area (Å²) in [4.78, 5) is 0. The van der Waals surface area contributed by atoms with Gasteiger partial charge < -0.3 is 148 Å². The Labute approximate surface area is 498 Å². The molecule has 6 fully saturated rings. The molecule has 0 amide bonds. The second-order valence-electron chi connectivity index (χ2n) is 20.9. The van der Waals surface area contributed by atoms with Gasteiger partial charge in [0, 0.05) is 128 Å². The number of hydrogen-bond acceptors (Lipinski definition) is 31. The molecule has 30 atom stereocenters. The van der Waals surface area contributed by atoms with Gasteiger partial charge in [-0.1, -0.05) is 0 Å². The number of aliphatic hydroxyl groups is 2. The number of aliphatic hydroxyl groups excluding tert-OH is 2. The molecule has 0 aromatic rings. The molecule has 85 heavy (non-hydrogen) atoms. The third-order valence-corrected chi connectivity index (χ3v) is 16.3. The lowest BCUT2D eigenvalue weighted by Crippen LogP contribution is -2.69. The maximum Gasteiger partial charge on any atom is 0.187 e. The molecule has 0 aromatic heterocycles. The molecule has 0 aliphatic carbocycles. The van der Waals surface area contributed by atoms with Crippen molar-refractivity contribution >= 4 is 0 Å². The van der Waals surface area contributed by atoms with E-state index in [1.807, 2.05) is 0 Å². The minimum Gasteiger partial charge on any atom is -0.387 e. The van der Waals surface area contributed by atoms with Crippen molar-refractivity contribution in [3.63, 3.8) is 0 Å². The number of hydrogen-bond donors (Lipinski definition) is 2. The van der Waals surface area contributed by atoms with Crippen molar-refractivity contribution in [2.75, 3.05) is 168 Å². The lowest BCUT2D eigenvalue weighted by molar-refractivity contribution is -0.402. The second-order valence-corrected chi connectivity index (χ2v) is 20.9. The van der Waals surface area contributed by atoms with Crippen LogP contribution in [0.5, 0.6) is 0 Å². The van der Waals surface area contributed by atoms with Crippen LogP contribution in [-0.4, -0.2) is 362 Å². The van der Waals surface area contributed by atoms with Gasteiger partial charge in [0.25, 0.3) is 0 Å². The molecule has 0 aromatic carbocycles. The Morgan fingerprint density at radius 3 is 0.624 bits per heavy atom. The molecule has 6 rings (SSSR count). The first kappa shape index (κ1) is 72.8. The van der Waals surface area contributed by atoms with Crippen LogP contribution in [0.25, 0.3) is 0 Å². The van der Waals surface area contributed by atoms with Gasteiger partial charge >= 0.3 is 0 Å². The van der Waals surface area contributed by atoms with Crippen molar-refractivity contribution in [1.82, 2.24) is 0 Å². The van der Waals surface area contributed by atoms with Crippen LogP contribution in [0, 0.1) is 0 Å². The minimum atomic E-state index is -1.34. The third-order valence-electron chi connectivity index (χ3n) is 16.3. The molecule has 6 heterocycles. The van der Waals surface area contributed by atoms with Crippen molar-refractivity contribution in [2.24, 2.45) is 0 Å². The number of ether oxygens (including phenoxy) is 29. The van der Waals surface area contributed by atoms with Crippen molar-refractivity contribution in [2.45, 2.75) is 184 Å². The Morgan fingerprint density at radius 1 is 0.212 bits per heavy atom. The lowest BCUT2D eigenvalue weighted by atomic mass is 9.94. The number of methoxy groups -OCH3 is 18. The third kappa shape index (κ3) is 16.5. The fourth-order valence-electron chi connectivity index (χ4n) is 12.3. The average molecular weight is 1240 g/mol. The fraction of sp³-hybridized carbons (Fsp3) is 1.00. The van der Waals surface area contributed by atoms with Gasteiger partial charge in [-0.25, -0.2) is 0 Å². The molecule has 0 radical (unpaired) electrons. The van der Waals surface area contributed by atoms with Gasteiger partial charge in [0.2, 0.25) is 0 Å². The highest BCUT2D eigenvalue weighted by Gasteiger charge is 2.60. The van der Waals surface area contributed by atoms with E-state index in [0.29, 0.717) is 0 Å². The Hall–Kier alpha value is -1.24. The summed E-state index contributed by atoms with van der Waals surface area (Å²) in [6, 6.07) is 0. The highest BCUT2D eigenvalue weighted by Crippen LogP contribution is 2.41. The van der Waals surface area contributed by atoms with E-state index >= 15 is 0 Å². The predicted octanol–water partition coefficient (Wildman–Crippen LogP) is -2.33. The topological polar surface area (TPSA) is 308 Å². The summed E-state index contributed by atoms with van der Waals surface area (Å²) >= 11 is 0. The van der Waals surface area contributed by atoms with Crippen LogP contribution in [0.3, 0.4) is 0 Å². The van der Waals surface area contributed by atoms with Crippen molar-refractivity contribution in [3.05, 3.63) is 0 Å². The first-order chi connectivity index (χ1) is 41.2. The molecule has 6 aliphatic rings. The maximum absolute atomic E-state index is 11.1. The quantitative estimate of drug-likeness (QED) is 0.0683. The Morgan fingerprint density at radius 2 is 0.400 bits per heavy atom. The standard InChI is InChI=1S/C54H98O31/c1-57-19-25-31(55)37(63-7)44(70-14)50(76-25)82-33-27(21-59-3)78-52(46(72-16)39(33)65-9)84-35-29(23-61-5)80-54(48(74-18)41(35)67-11)85-36-30(24-62-6)79-53(47(73-17)42(36)68-12)83-34-28(22-60-4)77-51(45(71-15)40(34)66-10)81-32-26(20-58-2)75-49(56)43(69-13)38(32)64-8/h25-56H,19-24H2,1-18H3/t25-,26-,27-,28-,29-,30-,31-,32-,33-,34-,35-,36-,37+,38+,39+,40+,41+,42+,43-,44-,45-,46-,47-,48-,49+,50-,51-,52-,53-,54-/m1/s1. The van der Waals surface area contributed by atoms with Gasteiger partial charge in [-0.05, 0) is 0 Å². The molecule has 500 valence electrons. The van der Waals surface area contributed by atoms with Gasteiger partial charge in [0.1, 0.15) is 146 Å². The van der Waals surface area contributed by atoms with E-state index in [1.54, 1.807) is 0 Å². The summed E-state index contributed by atoms with van der Waals surface area (Å²) in [5.41, 5.74) is 0. The van der Waals surface area contributed by atoms with Crippen molar-refractivity contribution in [3.8, 4) is 0 Å². The van der Waals surface area contributed by atoms with Crippen molar-refractivity contribution in [1.29, 1.82) is 0 Å². The zero-order valence-electron chi connectivity index (χ0n) is 52.3. The van der Waals surface area contributed by atoms with Crippen LogP contribution in [0.2, 0.25) is 0 Å².